The molecule has 21 heavy (non-hydrogen) atoms. The monoisotopic (exact) mass is 291 g/mol. The normalized spacial score (nSPS) is 11.8. The molecule has 0 aromatic heterocycles. The zero-order valence-corrected chi connectivity index (χ0v) is 13.1. The van der Waals surface area contributed by atoms with Crippen molar-refractivity contribution in [1.29, 1.82) is 0 Å². The summed E-state index contributed by atoms with van der Waals surface area (Å²) in [7, 11) is 3.35. The first-order valence-electron chi connectivity index (χ1n) is 7.24. The van der Waals surface area contributed by atoms with Gasteiger partial charge in [-0.1, -0.05) is 30.3 Å². The average molecular weight is 291 g/mol. The SMILES string of the molecule is CCN(CC(=O)N(C)C)C(=O)C(N)CCc1ccccc1. The first-order valence-corrected chi connectivity index (χ1v) is 7.24. The molecule has 116 valence electrons. The van der Waals surface area contributed by atoms with Crippen LogP contribution in [0.15, 0.2) is 30.3 Å². The van der Waals surface area contributed by atoms with Crippen molar-refractivity contribution in [3.8, 4) is 0 Å². The molecule has 1 rings (SSSR count). The van der Waals surface area contributed by atoms with E-state index in [1.165, 1.54) is 9.80 Å². The summed E-state index contributed by atoms with van der Waals surface area (Å²) in [4.78, 5) is 27.0. The maximum atomic E-state index is 12.3. The molecule has 0 bridgehead atoms. The van der Waals surface area contributed by atoms with Crippen LogP contribution in [0.1, 0.15) is 18.9 Å². The predicted octanol–water partition coefficient (Wildman–Crippen LogP) is 0.883. The third kappa shape index (κ3) is 5.55. The molecule has 5 nitrogen and oxygen atoms in total. The van der Waals surface area contributed by atoms with Crippen LogP contribution in [0.2, 0.25) is 0 Å². The van der Waals surface area contributed by atoms with Crippen LogP contribution < -0.4 is 5.73 Å². The lowest BCUT2D eigenvalue weighted by molar-refractivity contribution is -0.139. The quantitative estimate of drug-likeness (QED) is 0.811. The summed E-state index contributed by atoms with van der Waals surface area (Å²) in [6.07, 6.45) is 1.34. The molecule has 0 spiro atoms. The van der Waals surface area contributed by atoms with Gasteiger partial charge in [0.15, 0.2) is 0 Å². The van der Waals surface area contributed by atoms with Gasteiger partial charge < -0.3 is 15.5 Å². The van der Waals surface area contributed by atoms with E-state index in [0.29, 0.717) is 13.0 Å². The Balaban J connectivity index is 2.53. The minimum absolute atomic E-state index is 0.0847. The van der Waals surface area contributed by atoms with Crippen molar-refractivity contribution in [2.75, 3.05) is 27.2 Å². The van der Waals surface area contributed by atoms with E-state index in [1.807, 2.05) is 37.3 Å². The minimum Gasteiger partial charge on any atom is -0.347 e. The lowest BCUT2D eigenvalue weighted by Crippen LogP contribution is -2.47. The van der Waals surface area contributed by atoms with E-state index >= 15 is 0 Å². The molecular formula is C16H25N3O2. The second kappa shape index (κ2) is 8.42. The van der Waals surface area contributed by atoms with Crippen molar-refractivity contribution >= 4 is 11.8 Å². The summed E-state index contributed by atoms with van der Waals surface area (Å²) in [6.45, 7) is 2.42. The first-order chi connectivity index (χ1) is 9.95. The highest BCUT2D eigenvalue weighted by atomic mass is 16.2. The van der Waals surface area contributed by atoms with Crippen LogP contribution in [-0.2, 0) is 16.0 Å². The fraction of sp³-hybridized carbons (Fsp3) is 0.500. The number of amides is 2. The van der Waals surface area contributed by atoms with E-state index in [2.05, 4.69) is 0 Å². The van der Waals surface area contributed by atoms with Gasteiger partial charge >= 0.3 is 0 Å². The van der Waals surface area contributed by atoms with Gasteiger partial charge in [-0.25, -0.2) is 0 Å². The number of carbonyl (C=O) groups excluding carboxylic acids is 2. The molecule has 5 heteroatoms. The van der Waals surface area contributed by atoms with E-state index in [-0.39, 0.29) is 18.4 Å². The fourth-order valence-electron chi connectivity index (χ4n) is 1.98. The molecular weight excluding hydrogens is 266 g/mol. The third-order valence-corrected chi connectivity index (χ3v) is 3.42. The van der Waals surface area contributed by atoms with Crippen LogP contribution in [0.3, 0.4) is 0 Å². The Hall–Kier alpha value is -1.88. The summed E-state index contributed by atoms with van der Waals surface area (Å²) in [5.41, 5.74) is 7.14. The molecule has 1 unspecified atom stereocenters. The Morgan fingerprint density at radius 1 is 1.19 bits per heavy atom. The molecule has 0 aliphatic carbocycles. The fourth-order valence-corrected chi connectivity index (χ4v) is 1.98. The maximum absolute atomic E-state index is 12.3. The van der Waals surface area contributed by atoms with Gasteiger partial charge in [-0.2, -0.15) is 0 Å². The molecule has 2 N–H and O–H groups in total. The highest BCUT2D eigenvalue weighted by Crippen LogP contribution is 2.06. The van der Waals surface area contributed by atoms with Crippen LogP contribution in [0.25, 0.3) is 0 Å². The van der Waals surface area contributed by atoms with Gasteiger partial charge in [0.05, 0.1) is 12.6 Å². The van der Waals surface area contributed by atoms with E-state index in [4.69, 9.17) is 5.73 Å². The minimum atomic E-state index is -0.569. The third-order valence-electron chi connectivity index (χ3n) is 3.42. The van der Waals surface area contributed by atoms with Crippen molar-refractivity contribution in [3.63, 3.8) is 0 Å². The molecule has 0 aliphatic heterocycles. The van der Waals surface area contributed by atoms with E-state index in [9.17, 15) is 9.59 Å². The van der Waals surface area contributed by atoms with Gasteiger partial charge in [0.1, 0.15) is 0 Å². The second-order valence-corrected chi connectivity index (χ2v) is 5.27. The Morgan fingerprint density at radius 3 is 2.33 bits per heavy atom. The lowest BCUT2D eigenvalue weighted by Gasteiger charge is -2.25. The van der Waals surface area contributed by atoms with Crippen LogP contribution in [0.5, 0.6) is 0 Å². The van der Waals surface area contributed by atoms with Gasteiger partial charge in [-0.3, -0.25) is 9.59 Å². The summed E-state index contributed by atoms with van der Waals surface area (Å²) < 4.78 is 0. The highest BCUT2D eigenvalue weighted by Gasteiger charge is 2.22. The van der Waals surface area contributed by atoms with E-state index < -0.39 is 6.04 Å². The summed E-state index contributed by atoms with van der Waals surface area (Å²) in [6, 6.07) is 9.36. The van der Waals surface area contributed by atoms with Crippen molar-refractivity contribution in [2.24, 2.45) is 5.73 Å². The Kier molecular flexibility index (Phi) is 6.88. The number of hydrogen-bond donors (Lipinski definition) is 1. The number of aryl methyl sites for hydroxylation is 1. The molecule has 0 saturated carbocycles. The number of hydrogen-bond acceptors (Lipinski definition) is 3. The molecule has 0 saturated heterocycles. The lowest BCUT2D eigenvalue weighted by atomic mass is 10.0. The number of rotatable bonds is 7. The Morgan fingerprint density at radius 2 is 1.81 bits per heavy atom. The maximum Gasteiger partial charge on any atom is 0.241 e. The molecule has 1 aromatic rings. The summed E-state index contributed by atoms with van der Waals surface area (Å²) in [5.74, 6) is -0.260. The summed E-state index contributed by atoms with van der Waals surface area (Å²) in [5, 5.41) is 0. The summed E-state index contributed by atoms with van der Waals surface area (Å²) >= 11 is 0. The highest BCUT2D eigenvalue weighted by molar-refractivity contribution is 5.87. The number of benzene rings is 1. The van der Waals surface area contributed by atoms with Crippen molar-refractivity contribution < 1.29 is 9.59 Å². The number of nitrogens with zero attached hydrogens (tertiary/aromatic N) is 2. The molecule has 1 atom stereocenters. The predicted molar refractivity (Wildman–Crippen MR) is 83.7 cm³/mol. The van der Waals surface area contributed by atoms with Crippen molar-refractivity contribution in [1.82, 2.24) is 9.80 Å². The second-order valence-electron chi connectivity index (χ2n) is 5.27. The molecule has 0 aliphatic rings. The van der Waals surface area contributed by atoms with Crippen molar-refractivity contribution in [2.45, 2.75) is 25.8 Å². The van der Waals surface area contributed by atoms with Crippen molar-refractivity contribution in [3.05, 3.63) is 35.9 Å². The zero-order chi connectivity index (χ0) is 15.8. The molecule has 2 amide bonds. The molecule has 0 fully saturated rings. The first kappa shape index (κ1) is 17.2. The Labute approximate surface area is 126 Å². The molecule has 0 heterocycles. The van der Waals surface area contributed by atoms with Crippen LogP contribution in [0.4, 0.5) is 0 Å². The van der Waals surface area contributed by atoms with Gasteiger partial charge in [0, 0.05) is 20.6 Å². The average Bonchev–Trinajstić information content (AvgIpc) is 2.50. The molecule has 0 radical (unpaired) electrons. The van der Waals surface area contributed by atoms with Crippen LogP contribution in [-0.4, -0.2) is 54.8 Å². The Bertz CT molecular complexity index is 460. The van der Waals surface area contributed by atoms with Crippen LogP contribution >= 0.6 is 0 Å². The largest absolute Gasteiger partial charge is 0.347 e. The molecule has 1 aromatic carbocycles. The van der Waals surface area contributed by atoms with Crippen LogP contribution in [0, 0.1) is 0 Å². The number of carbonyl (C=O) groups is 2. The number of nitrogens with two attached hydrogens (primary N) is 1. The van der Waals surface area contributed by atoms with Gasteiger partial charge in [-0.15, -0.1) is 0 Å². The number of likely N-dealkylation sites (N-methyl/N-ethyl adjacent to an activating group) is 2. The van der Waals surface area contributed by atoms with E-state index in [0.717, 1.165) is 12.0 Å². The topological polar surface area (TPSA) is 66.6 Å². The smallest absolute Gasteiger partial charge is 0.241 e. The zero-order valence-electron chi connectivity index (χ0n) is 13.1. The standard InChI is InChI=1S/C16H25N3O2/c1-4-19(12-15(20)18(2)3)16(21)14(17)11-10-13-8-6-5-7-9-13/h5-9,14H,4,10-12,17H2,1-3H3. The van der Waals surface area contributed by atoms with Gasteiger partial charge in [-0.05, 0) is 25.3 Å². The van der Waals surface area contributed by atoms with Gasteiger partial charge in [0.2, 0.25) is 11.8 Å². The van der Waals surface area contributed by atoms with E-state index in [1.54, 1.807) is 14.1 Å². The van der Waals surface area contributed by atoms with Gasteiger partial charge in [0.25, 0.3) is 0 Å².